The van der Waals surface area contributed by atoms with Crippen LogP contribution in [0.2, 0.25) is 0 Å². The molecule has 2 aromatic heterocycles. The number of aliphatic hydroxyl groups excluding tert-OH is 1. The molecule has 1 unspecified atom stereocenters. The molecular weight excluding hydrogens is 288 g/mol. The van der Waals surface area contributed by atoms with Crippen LogP contribution in [0.1, 0.15) is 17.4 Å². The van der Waals surface area contributed by atoms with Gasteiger partial charge in [0.2, 0.25) is 0 Å². The molecular formula is C15H16N2O3S. The molecule has 1 atom stereocenters. The number of fused-ring (bicyclic) bond motifs is 1. The van der Waals surface area contributed by atoms with Gasteiger partial charge in [-0.15, -0.1) is 11.3 Å². The lowest BCUT2D eigenvalue weighted by molar-refractivity contribution is 0.172. The van der Waals surface area contributed by atoms with Gasteiger partial charge in [0, 0.05) is 29.8 Å². The highest BCUT2D eigenvalue weighted by atomic mass is 32.1. The Balaban J connectivity index is 1.87. The van der Waals surface area contributed by atoms with Crippen molar-refractivity contribution < 1.29 is 14.6 Å². The predicted octanol–water partition coefficient (Wildman–Crippen LogP) is 2.69. The zero-order valence-corrected chi connectivity index (χ0v) is 12.6. The van der Waals surface area contributed by atoms with Crippen molar-refractivity contribution in [3.63, 3.8) is 0 Å². The molecule has 0 spiro atoms. The van der Waals surface area contributed by atoms with E-state index >= 15 is 0 Å². The predicted molar refractivity (Wildman–Crippen MR) is 81.3 cm³/mol. The summed E-state index contributed by atoms with van der Waals surface area (Å²) < 4.78 is 12.6. The molecule has 0 aliphatic rings. The molecule has 5 nitrogen and oxygen atoms in total. The third-order valence-corrected chi connectivity index (χ3v) is 4.11. The number of aliphatic hydroxyl groups is 1. The van der Waals surface area contributed by atoms with Crippen molar-refractivity contribution in [3.8, 4) is 11.5 Å². The van der Waals surface area contributed by atoms with E-state index in [0.717, 1.165) is 10.7 Å². The molecule has 1 aromatic carbocycles. The molecule has 0 aliphatic heterocycles. The number of nitrogens with zero attached hydrogens (tertiary/aromatic N) is 2. The van der Waals surface area contributed by atoms with Crippen molar-refractivity contribution in [2.75, 3.05) is 14.2 Å². The molecule has 0 saturated carbocycles. The second-order valence-corrected chi connectivity index (χ2v) is 5.50. The fraction of sp³-hybridized carbons (Fsp3) is 0.267. The maximum Gasteiger partial charge on any atom is 0.193 e. The van der Waals surface area contributed by atoms with Crippen LogP contribution >= 0.6 is 11.3 Å². The fourth-order valence-corrected chi connectivity index (χ4v) is 3.08. The normalized spacial score (nSPS) is 12.5. The van der Waals surface area contributed by atoms with Crippen molar-refractivity contribution in [3.05, 3.63) is 47.2 Å². The zero-order valence-electron chi connectivity index (χ0n) is 11.8. The first-order valence-corrected chi connectivity index (χ1v) is 7.41. The summed E-state index contributed by atoms with van der Waals surface area (Å²) in [5.74, 6) is 1.17. The number of rotatable bonds is 5. The van der Waals surface area contributed by atoms with E-state index in [1.165, 1.54) is 0 Å². The van der Waals surface area contributed by atoms with E-state index in [0.29, 0.717) is 23.5 Å². The van der Waals surface area contributed by atoms with Crippen molar-refractivity contribution in [1.29, 1.82) is 0 Å². The number of methoxy groups -OCH3 is 2. The highest BCUT2D eigenvalue weighted by molar-refractivity contribution is 7.15. The van der Waals surface area contributed by atoms with Gasteiger partial charge in [-0.25, -0.2) is 4.98 Å². The first kappa shape index (κ1) is 13.9. The first-order chi connectivity index (χ1) is 10.2. The average molecular weight is 304 g/mol. The topological polar surface area (TPSA) is 56.0 Å². The summed E-state index contributed by atoms with van der Waals surface area (Å²) in [7, 11) is 3.15. The Bertz CT molecular complexity index is 722. The number of thiazole rings is 1. The van der Waals surface area contributed by atoms with E-state index in [4.69, 9.17) is 9.47 Å². The van der Waals surface area contributed by atoms with Crippen LogP contribution < -0.4 is 9.47 Å². The van der Waals surface area contributed by atoms with Gasteiger partial charge in [-0.05, 0) is 6.07 Å². The maximum absolute atomic E-state index is 10.5. The van der Waals surface area contributed by atoms with Gasteiger partial charge in [-0.1, -0.05) is 12.1 Å². The minimum atomic E-state index is -0.695. The van der Waals surface area contributed by atoms with E-state index in [9.17, 15) is 5.11 Å². The number of para-hydroxylation sites is 1. The molecule has 6 heteroatoms. The van der Waals surface area contributed by atoms with Crippen LogP contribution in [0.5, 0.6) is 11.5 Å². The van der Waals surface area contributed by atoms with Crippen LogP contribution in [0.4, 0.5) is 0 Å². The first-order valence-electron chi connectivity index (χ1n) is 6.53. The van der Waals surface area contributed by atoms with Gasteiger partial charge < -0.3 is 14.6 Å². The Morgan fingerprint density at radius 3 is 2.90 bits per heavy atom. The molecule has 3 rings (SSSR count). The van der Waals surface area contributed by atoms with Gasteiger partial charge in [-0.2, -0.15) is 0 Å². The van der Waals surface area contributed by atoms with Crippen molar-refractivity contribution in [2.24, 2.45) is 0 Å². The minimum absolute atomic E-state index is 0.428. The SMILES string of the molecule is COc1cccc(C(O)Cc2cn3ccsc3n2)c1OC. The Morgan fingerprint density at radius 1 is 1.33 bits per heavy atom. The lowest BCUT2D eigenvalue weighted by Crippen LogP contribution is -2.05. The van der Waals surface area contributed by atoms with Crippen LogP contribution in [0, 0.1) is 0 Å². The standard InChI is InChI=1S/C15H16N2O3S/c1-19-13-5-3-4-11(14(13)20-2)12(18)8-10-9-17-6-7-21-15(17)16-10/h3-7,9,12,18H,8H2,1-2H3. The van der Waals surface area contributed by atoms with E-state index < -0.39 is 6.10 Å². The molecule has 0 fully saturated rings. The van der Waals surface area contributed by atoms with E-state index in [1.54, 1.807) is 25.6 Å². The summed E-state index contributed by atoms with van der Waals surface area (Å²) in [5.41, 5.74) is 1.55. The Hall–Kier alpha value is -2.05. The van der Waals surface area contributed by atoms with Gasteiger partial charge in [-0.3, -0.25) is 4.40 Å². The molecule has 0 bridgehead atoms. The smallest absolute Gasteiger partial charge is 0.193 e. The van der Waals surface area contributed by atoms with Crippen LogP contribution in [-0.4, -0.2) is 28.7 Å². The molecule has 0 saturated heterocycles. The van der Waals surface area contributed by atoms with Gasteiger partial charge in [0.05, 0.1) is 26.0 Å². The van der Waals surface area contributed by atoms with E-state index in [-0.39, 0.29) is 0 Å². The molecule has 110 valence electrons. The summed E-state index contributed by atoms with van der Waals surface area (Å²) in [5, 5.41) is 12.5. The van der Waals surface area contributed by atoms with Crippen molar-refractivity contribution in [1.82, 2.24) is 9.38 Å². The van der Waals surface area contributed by atoms with Crippen LogP contribution in [0.3, 0.4) is 0 Å². The Labute approximate surface area is 126 Å². The summed E-state index contributed by atoms with van der Waals surface area (Å²) in [6.45, 7) is 0. The highest BCUT2D eigenvalue weighted by Gasteiger charge is 2.18. The largest absolute Gasteiger partial charge is 0.493 e. The van der Waals surface area contributed by atoms with Crippen molar-refractivity contribution >= 4 is 16.3 Å². The van der Waals surface area contributed by atoms with Gasteiger partial charge in [0.25, 0.3) is 0 Å². The highest BCUT2D eigenvalue weighted by Crippen LogP contribution is 2.35. The number of benzene rings is 1. The second-order valence-electron chi connectivity index (χ2n) is 4.63. The zero-order chi connectivity index (χ0) is 14.8. The number of hydrogen-bond donors (Lipinski definition) is 1. The summed E-state index contributed by atoms with van der Waals surface area (Å²) in [4.78, 5) is 5.41. The molecule has 0 aliphatic carbocycles. The van der Waals surface area contributed by atoms with E-state index in [1.807, 2.05) is 40.4 Å². The lowest BCUT2D eigenvalue weighted by Gasteiger charge is -2.16. The minimum Gasteiger partial charge on any atom is -0.493 e. The van der Waals surface area contributed by atoms with Crippen molar-refractivity contribution in [2.45, 2.75) is 12.5 Å². The molecule has 0 radical (unpaired) electrons. The fourth-order valence-electron chi connectivity index (χ4n) is 2.36. The molecule has 1 N–H and O–H groups in total. The summed E-state index contributed by atoms with van der Waals surface area (Å²) in [6, 6.07) is 5.48. The second kappa shape index (κ2) is 5.75. The quantitative estimate of drug-likeness (QED) is 0.787. The van der Waals surface area contributed by atoms with Crippen LogP contribution in [0.15, 0.2) is 36.0 Å². The van der Waals surface area contributed by atoms with Crippen LogP contribution in [0.25, 0.3) is 4.96 Å². The monoisotopic (exact) mass is 304 g/mol. The maximum atomic E-state index is 10.5. The van der Waals surface area contributed by atoms with Gasteiger partial charge in [0.15, 0.2) is 16.5 Å². The Kier molecular flexibility index (Phi) is 3.81. The summed E-state index contributed by atoms with van der Waals surface area (Å²) >= 11 is 1.57. The molecule has 0 amide bonds. The average Bonchev–Trinajstić information content (AvgIpc) is 3.07. The number of hydrogen-bond acceptors (Lipinski definition) is 5. The lowest BCUT2D eigenvalue weighted by atomic mass is 10.0. The third-order valence-electron chi connectivity index (χ3n) is 3.34. The molecule has 2 heterocycles. The van der Waals surface area contributed by atoms with Gasteiger partial charge >= 0.3 is 0 Å². The van der Waals surface area contributed by atoms with E-state index in [2.05, 4.69) is 4.98 Å². The number of ether oxygens (including phenoxy) is 2. The van der Waals surface area contributed by atoms with Crippen LogP contribution in [-0.2, 0) is 6.42 Å². The summed E-state index contributed by atoms with van der Waals surface area (Å²) in [6.07, 6.45) is 3.62. The number of aromatic nitrogens is 2. The molecule has 3 aromatic rings. The Morgan fingerprint density at radius 2 is 2.19 bits per heavy atom. The van der Waals surface area contributed by atoms with Gasteiger partial charge in [0.1, 0.15) is 0 Å². The molecule has 21 heavy (non-hydrogen) atoms. The third kappa shape index (κ3) is 2.59. The number of imidazole rings is 1.